The molecule has 7 heteroatoms. The highest BCUT2D eigenvalue weighted by atomic mass is 32.2. The monoisotopic (exact) mass is 278 g/mol. The Kier molecular flexibility index (Phi) is 5.38. The van der Waals surface area contributed by atoms with Gasteiger partial charge in [0.2, 0.25) is 0 Å². The van der Waals surface area contributed by atoms with Crippen molar-refractivity contribution in [1.82, 2.24) is 9.03 Å². The van der Waals surface area contributed by atoms with Gasteiger partial charge in [0.15, 0.2) is 0 Å². The molecule has 1 unspecified atom stereocenters. The van der Waals surface area contributed by atoms with Crippen molar-refractivity contribution in [1.29, 1.82) is 0 Å². The van der Waals surface area contributed by atoms with Gasteiger partial charge in [-0.05, 0) is 12.8 Å². The lowest BCUT2D eigenvalue weighted by Crippen LogP contribution is -2.46. The van der Waals surface area contributed by atoms with E-state index < -0.39 is 10.2 Å². The lowest BCUT2D eigenvalue weighted by atomic mass is 10.2. The van der Waals surface area contributed by atoms with Crippen molar-refractivity contribution in [2.75, 3.05) is 39.5 Å². The van der Waals surface area contributed by atoms with Crippen molar-refractivity contribution in [2.24, 2.45) is 0 Å². The number of hydrogen-bond donors (Lipinski definition) is 1. The zero-order valence-corrected chi connectivity index (χ0v) is 11.5. The first-order valence-electron chi connectivity index (χ1n) is 6.62. The Labute approximate surface area is 109 Å². The van der Waals surface area contributed by atoms with Crippen LogP contribution in [-0.4, -0.2) is 58.3 Å². The van der Waals surface area contributed by atoms with E-state index in [4.69, 9.17) is 9.47 Å². The fourth-order valence-electron chi connectivity index (χ4n) is 2.23. The number of nitrogens with zero attached hydrogens (tertiary/aromatic N) is 1. The molecule has 0 bridgehead atoms. The maximum atomic E-state index is 12.1. The maximum Gasteiger partial charge on any atom is 0.279 e. The molecular formula is C11H22N2O4S. The van der Waals surface area contributed by atoms with Gasteiger partial charge in [0, 0.05) is 19.6 Å². The second-order valence-electron chi connectivity index (χ2n) is 4.73. The molecule has 6 nitrogen and oxygen atoms in total. The Bertz CT molecular complexity index is 333. The van der Waals surface area contributed by atoms with Crippen molar-refractivity contribution in [2.45, 2.75) is 31.8 Å². The Morgan fingerprint density at radius 1 is 1.11 bits per heavy atom. The van der Waals surface area contributed by atoms with Crippen LogP contribution in [0.5, 0.6) is 0 Å². The highest BCUT2D eigenvalue weighted by Gasteiger charge is 2.24. The van der Waals surface area contributed by atoms with E-state index in [0.29, 0.717) is 39.5 Å². The first-order chi connectivity index (χ1) is 8.68. The second-order valence-corrected chi connectivity index (χ2v) is 6.49. The molecule has 2 fully saturated rings. The Hall–Kier alpha value is -0.210. The van der Waals surface area contributed by atoms with Crippen LogP contribution in [0.2, 0.25) is 0 Å². The molecule has 0 aromatic heterocycles. The molecule has 106 valence electrons. The topological polar surface area (TPSA) is 67.9 Å². The van der Waals surface area contributed by atoms with E-state index in [1.54, 1.807) is 4.31 Å². The summed E-state index contributed by atoms with van der Waals surface area (Å²) in [5, 5.41) is 0. The fourth-order valence-corrected chi connectivity index (χ4v) is 3.54. The van der Waals surface area contributed by atoms with E-state index in [9.17, 15) is 8.42 Å². The molecule has 2 rings (SSSR count). The van der Waals surface area contributed by atoms with E-state index in [2.05, 4.69) is 4.72 Å². The first-order valence-corrected chi connectivity index (χ1v) is 8.06. The van der Waals surface area contributed by atoms with Gasteiger partial charge in [-0.3, -0.25) is 0 Å². The fraction of sp³-hybridized carbons (Fsp3) is 1.00. The minimum Gasteiger partial charge on any atom is -0.376 e. The molecule has 0 aromatic rings. The summed E-state index contributed by atoms with van der Waals surface area (Å²) in [5.41, 5.74) is 0. The van der Waals surface area contributed by atoms with E-state index >= 15 is 0 Å². The number of rotatable bonds is 4. The average Bonchev–Trinajstić information content (AvgIpc) is 2.67. The largest absolute Gasteiger partial charge is 0.376 e. The van der Waals surface area contributed by atoms with Crippen molar-refractivity contribution < 1.29 is 17.9 Å². The number of nitrogens with one attached hydrogen (secondary N) is 1. The van der Waals surface area contributed by atoms with E-state index in [0.717, 1.165) is 25.7 Å². The SMILES string of the molecule is O=S(=O)(NCC1COCCO1)N1CCCCCC1. The maximum absolute atomic E-state index is 12.1. The summed E-state index contributed by atoms with van der Waals surface area (Å²) in [6.07, 6.45) is 3.96. The predicted molar refractivity (Wildman–Crippen MR) is 67.5 cm³/mol. The summed E-state index contributed by atoms with van der Waals surface area (Å²) in [7, 11) is -3.36. The van der Waals surface area contributed by atoms with Crippen LogP contribution < -0.4 is 4.72 Å². The molecule has 18 heavy (non-hydrogen) atoms. The zero-order valence-electron chi connectivity index (χ0n) is 10.6. The molecule has 1 N–H and O–H groups in total. The molecule has 0 spiro atoms. The minimum atomic E-state index is -3.36. The first kappa shape index (κ1) is 14.2. The van der Waals surface area contributed by atoms with Crippen LogP contribution in [0, 0.1) is 0 Å². The highest BCUT2D eigenvalue weighted by molar-refractivity contribution is 7.87. The molecule has 0 radical (unpaired) electrons. The normalized spacial score (nSPS) is 27.9. The highest BCUT2D eigenvalue weighted by Crippen LogP contribution is 2.12. The Balaban J connectivity index is 1.81. The van der Waals surface area contributed by atoms with Crippen LogP contribution in [0.15, 0.2) is 0 Å². The van der Waals surface area contributed by atoms with Crippen LogP contribution in [0.25, 0.3) is 0 Å². The van der Waals surface area contributed by atoms with Gasteiger partial charge in [-0.2, -0.15) is 17.4 Å². The summed E-state index contributed by atoms with van der Waals surface area (Å²) < 4.78 is 39.0. The lowest BCUT2D eigenvalue weighted by molar-refractivity contribution is -0.0847. The van der Waals surface area contributed by atoms with Crippen LogP contribution >= 0.6 is 0 Å². The molecular weight excluding hydrogens is 256 g/mol. The predicted octanol–water partition coefficient (Wildman–Crippen LogP) is 0.112. The van der Waals surface area contributed by atoms with Gasteiger partial charge in [0.05, 0.1) is 25.9 Å². The van der Waals surface area contributed by atoms with Crippen molar-refractivity contribution in [3.8, 4) is 0 Å². The van der Waals surface area contributed by atoms with Crippen molar-refractivity contribution in [3.63, 3.8) is 0 Å². The molecule has 0 aromatic carbocycles. The molecule has 0 saturated carbocycles. The Morgan fingerprint density at radius 2 is 1.83 bits per heavy atom. The third-order valence-corrected chi connectivity index (χ3v) is 4.86. The van der Waals surface area contributed by atoms with Crippen LogP contribution in [0.1, 0.15) is 25.7 Å². The third-order valence-electron chi connectivity index (χ3n) is 3.28. The Morgan fingerprint density at radius 3 is 2.44 bits per heavy atom. The van der Waals surface area contributed by atoms with Gasteiger partial charge in [-0.25, -0.2) is 0 Å². The van der Waals surface area contributed by atoms with Gasteiger partial charge >= 0.3 is 0 Å². The molecule has 2 saturated heterocycles. The number of hydrogen-bond acceptors (Lipinski definition) is 4. The molecule has 2 aliphatic rings. The van der Waals surface area contributed by atoms with Gasteiger partial charge in [-0.15, -0.1) is 0 Å². The van der Waals surface area contributed by atoms with Gasteiger partial charge in [0.25, 0.3) is 10.2 Å². The number of ether oxygens (including phenoxy) is 2. The molecule has 0 amide bonds. The summed E-state index contributed by atoms with van der Waals surface area (Å²) in [6, 6.07) is 0. The van der Waals surface area contributed by atoms with Gasteiger partial charge in [-0.1, -0.05) is 12.8 Å². The molecule has 0 aliphatic carbocycles. The lowest BCUT2D eigenvalue weighted by Gasteiger charge is -2.25. The second kappa shape index (κ2) is 6.81. The summed E-state index contributed by atoms with van der Waals surface area (Å²) >= 11 is 0. The quantitative estimate of drug-likeness (QED) is 0.792. The van der Waals surface area contributed by atoms with E-state index in [-0.39, 0.29) is 6.10 Å². The van der Waals surface area contributed by atoms with Crippen LogP contribution in [0.4, 0.5) is 0 Å². The van der Waals surface area contributed by atoms with Gasteiger partial charge in [0.1, 0.15) is 0 Å². The average molecular weight is 278 g/mol. The van der Waals surface area contributed by atoms with Crippen LogP contribution in [0.3, 0.4) is 0 Å². The minimum absolute atomic E-state index is 0.166. The molecule has 2 aliphatic heterocycles. The summed E-state index contributed by atoms with van der Waals surface area (Å²) in [5.74, 6) is 0. The zero-order chi connectivity index (χ0) is 12.8. The van der Waals surface area contributed by atoms with Crippen LogP contribution in [-0.2, 0) is 19.7 Å². The smallest absolute Gasteiger partial charge is 0.279 e. The molecule has 2 heterocycles. The third kappa shape index (κ3) is 4.17. The van der Waals surface area contributed by atoms with Gasteiger partial charge < -0.3 is 9.47 Å². The standard InChI is InChI=1S/C11H22N2O4S/c14-18(15,13-5-3-1-2-4-6-13)12-9-11-10-16-7-8-17-11/h11-12H,1-10H2. The summed E-state index contributed by atoms with van der Waals surface area (Å²) in [6.45, 7) is 3.13. The summed E-state index contributed by atoms with van der Waals surface area (Å²) in [4.78, 5) is 0. The van der Waals surface area contributed by atoms with E-state index in [1.165, 1.54) is 0 Å². The van der Waals surface area contributed by atoms with E-state index in [1.807, 2.05) is 0 Å². The molecule has 1 atom stereocenters. The van der Waals surface area contributed by atoms with Crippen molar-refractivity contribution >= 4 is 10.2 Å². The van der Waals surface area contributed by atoms with Crippen molar-refractivity contribution in [3.05, 3.63) is 0 Å².